The predicted octanol–water partition coefficient (Wildman–Crippen LogP) is 5.91. The first-order valence-corrected chi connectivity index (χ1v) is 8.63. The quantitative estimate of drug-likeness (QED) is 0.403. The second-order valence-corrected chi connectivity index (χ2v) is 5.82. The van der Waals surface area contributed by atoms with Gasteiger partial charge >= 0.3 is 0 Å². The van der Waals surface area contributed by atoms with Crippen LogP contribution in [0.15, 0.2) is 48.5 Å². The molecular weight excluding hydrogens is 284 g/mol. The number of carbonyl (C=O) groups is 1. The van der Waals surface area contributed by atoms with E-state index in [0.29, 0.717) is 5.56 Å². The van der Waals surface area contributed by atoms with E-state index in [1.807, 2.05) is 48.5 Å². The minimum Gasteiger partial charge on any atom is -0.493 e. The predicted molar refractivity (Wildman–Crippen MR) is 96.1 cm³/mol. The van der Waals surface area contributed by atoms with Gasteiger partial charge in [0, 0.05) is 11.1 Å². The molecule has 0 saturated carbocycles. The van der Waals surface area contributed by atoms with Crippen molar-refractivity contribution in [2.75, 3.05) is 6.61 Å². The van der Waals surface area contributed by atoms with Crippen molar-refractivity contribution in [3.63, 3.8) is 0 Å². The average Bonchev–Trinajstić information content (AvgIpc) is 2.61. The number of rotatable bonds is 10. The first-order valence-electron chi connectivity index (χ1n) is 8.63. The van der Waals surface area contributed by atoms with Gasteiger partial charge in [-0.15, -0.1) is 0 Å². The van der Waals surface area contributed by atoms with Gasteiger partial charge in [0.15, 0.2) is 6.29 Å². The zero-order valence-electron chi connectivity index (χ0n) is 14.0. The Hall–Kier alpha value is -2.09. The summed E-state index contributed by atoms with van der Waals surface area (Å²) in [5.74, 6) is 0.857. The van der Waals surface area contributed by atoms with Crippen LogP contribution in [0.4, 0.5) is 0 Å². The highest BCUT2D eigenvalue weighted by atomic mass is 16.5. The Morgan fingerprint density at radius 3 is 2.26 bits per heavy atom. The molecule has 0 heterocycles. The van der Waals surface area contributed by atoms with Crippen LogP contribution in [0.25, 0.3) is 11.1 Å². The molecule has 2 aromatic carbocycles. The highest BCUT2D eigenvalue weighted by molar-refractivity contribution is 5.89. The first-order chi connectivity index (χ1) is 11.4. The lowest BCUT2D eigenvalue weighted by Crippen LogP contribution is -1.99. The van der Waals surface area contributed by atoms with Crippen LogP contribution in [0.2, 0.25) is 0 Å². The number of benzene rings is 2. The van der Waals surface area contributed by atoms with Gasteiger partial charge in [-0.25, -0.2) is 0 Å². The molecule has 122 valence electrons. The van der Waals surface area contributed by atoms with E-state index in [2.05, 4.69) is 6.92 Å². The Morgan fingerprint density at radius 1 is 0.826 bits per heavy atom. The maximum Gasteiger partial charge on any atom is 0.150 e. The zero-order chi connectivity index (χ0) is 16.3. The van der Waals surface area contributed by atoms with Crippen LogP contribution in [0.3, 0.4) is 0 Å². The van der Waals surface area contributed by atoms with Crippen molar-refractivity contribution in [2.24, 2.45) is 0 Å². The molecule has 0 aliphatic carbocycles. The van der Waals surface area contributed by atoms with Crippen molar-refractivity contribution in [1.29, 1.82) is 0 Å². The summed E-state index contributed by atoms with van der Waals surface area (Å²) in [5.41, 5.74) is 2.62. The summed E-state index contributed by atoms with van der Waals surface area (Å²) in [6, 6.07) is 15.6. The van der Waals surface area contributed by atoms with Crippen molar-refractivity contribution >= 4 is 6.29 Å². The molecule has 0 saturated heterocycles. The maximum absolute atomic E-state index is 11.3. The molecule has 23 heavy (non-hydrogen) atoms. The summed E-state index contributed by atoms with van der Waals surface area (Å²) in [5, 5.41) is 0. The Bertz CT molecular complexity index is 604. The number of hydrogen-bond acceptors (Lipinski definition) is 2. The third-order valence-corrected chi connectivity index (χ3v) is 4.02. The van der Waals surface area contributed by atoms with Crippen molar-refractivity contribution in [3.8, 4) is 16.9 Å². The lowest BCUT2D eigenvalue weighted by Gasteiger charge is -2.13. The molecule has 0 aliphatic rings. The van der Waals surface area contributed by atoms with E-state index >= 15 is 0 Å². The van der Waals surface area contributed by atoms with Gasteiger partial charge in [0.2, 0.25) is 0 Å². The van der Waals surface area contributed by atoms with Gasteiger partial charge in [0.25, 0.3) is 0 Å². The molecule has 0 radical (unpaired) electrons. The van der Waals surface area contributed by atoms with Crippen LogP contribution < -0.4 is 4.74 Å². The van der Waals surface area contributed by atoms with E-state index < -0.39 is 0 Å². The second kappa shape index (κ2) is 9.83. The SMILES string of the molecule is CCCCCCCCOc1ccccc1-c1ccccc1C=O. The summed E-state index contributed by atoms with van der Waals surface area (Å²) < 4.78 is 5.98. The summed E-state index contributed by atoms with van der Waals surface area (Å²) >= 11 is 0. The summed E-state index contributed by atoms with van der Waals surface area (Å²) in [7, 11) is 0. The maximum atomic E-state index is 11.3. The van der Waals surface area contributed by atoms with E-state index in [4.69, 9.17) is 4.74 Å². The van der Waals surface area contributed by atoms with Gasteiger partial charge < -0.3 is 4.74 Å². The number of hydrogen-bond donors (Lipinski definition) is 0. The molecule has 0 atom stereocenters. The number of ether oxygens (including phenoxy) is 1. The fraction of sp³-hybridized carbons (Fsp3) is 0.381. The summed E-state index contributed by atoms with van der Waals surface area (Å²) in [4.78, 5) is 11.3. The van der Waals surface area contributed by atoms with Crippen LogP contribution in [0.1, 0.15) is 55.8 Å². The summed E-state index contributed by atoms with van der Waals surface area (Å²) in [6.45, 7) is 2.96. The van der Waals surface area contributed by atoms with Gasteiger partial charge in [-0.3, -0.25) is 4.79 Å². The van der Waals surface area contributed by atoms with E-state index in [1.54, 1.807) is 0 Å². The van der Waals surface area contributed by atoms with Crippen LogP contribution in [0.5, 0.6) is 5.75 Å². The number of para-hydroxylation sites is 1. The molecule has 0 aromatic heterocycles. The highest BCUT2D eigenvalue weighted by Crippen LogP contribution is 2.31. The minimum absolute atomic E-state index is 0.697. The molecule has 0 N–H and O–H groups in total. The molecule has 0 spiro atoms. The largest absolute Gasteiger partial charge is 0.493 e. The van der Waals surface area contributed by atoms with Gasteiger partial charge in [-0.1, -0.05) is 81.5 Å². The smallest absolute Gasteiger partial charge is 0.150 e. The topological polar surface area (TPSA) is 26.3 Å². The third kappa shape index (κ3) is 5.24. The Labute approximate surface area is 139 Å². The minimum atomic E-state index is 0.697. The molecule has 2 aromatic rings. The number of unbranched alkanes of at least 4 members (excludes halogenated alkanes) is 5. The standard InChI is InChI=1S/C21H26O2/c1-2-3-4-5-6-11-16-23-21-15-10-9-14-20(21)19-13-8-7-12-18(19)17-22/h7-10,12-15,17H,2-6,11,16H2,1H3. The van der Waals surface area contributed by atoms with Gasteiger partial charge in [0.05, 0.1) is 6.61 Å². The second-order valence-electron chi connectivity index (χ2n) is 5.82. The molecule has 0 fully saturated rings. The van der Waals surface area contributed by atoms with E-state index in [-0.39, 0.29) is 0 Å². The Kier molecular flexibility index (Phi) is 7.38. The molecule has 2 heteroatoms. The normalized spacial score (nSPS) is 10.5. The van der Waals surface area contributed by atoms with Gasteiger partial charge in [0.1, 0.15) is 5.75 Å². The van der Waals surface area contributed by atoms with E-state index in [0.717, 1.165) is 36.2 Å². The molecule has 2 rings (SSSR count). The number of carbonyl (C=O) groups excluding carboxylic acids is 1. The molecular formula is C21H26O2. The fourth-order valence-corrected chi connectivity index (χ4v) is 2.72. The lowest BCUT2D eigenvalue weighted by atomic mass is 9.99. The van der Waals surface area contributed by atoms with Crippen molar-refractivity contribution in [3.05, 3.63) is 54.1 Å². The van der Waals surface area contributed by atoms with Crippen molar-refractivity contribution < 1.29 is 9.53 Å². The van der Waals surface area contributed by atoms with Gasteiger partial charge in [-0.2, -0.15) is 0 Å². The highest BCUT2D eigenvalue weighted by Gasteiger charge is 2.09. The monoisotopic (exact) mass is 310 g/mol. The van der Waals surface area contributed by atoms with Crippen LogP contribution in [-0.2, 0) is 0 Å². The molecule has 0 aliphatic heterocycles. The van der Waals surface area contributed by atoms with Crippen molar-refractivity contribution in [2.45, 2.75) is 45.4 Å². The average molecular weight is 310 g/mol. The fourth-order valence-electron chi connectivity index (χ4n) is 2.72. The van der Waals surface area contributed by atoms with Crippen LogP contribution in [0, 0.1) is 0 Å². The van der Waals surface area contributed by atoms with E-state index in [1.165, 1.54) is 32.1 Å². The summed E-state index contributed by atoms with van der Waals surface area (Å²) in [6.07, 6.45) is 8.40. The van der Waals surface area contributed by atoms with Crippen molar-refractivity contribution in [1.82, 2.24) is 0 Å². The van der Waals surface area contributed by atoms with Crippen LogP contribution in [-0.4, -0.2) is 12.9 Å². The molecule has 0 amide bonds. The molecule has 0 bridgehead atoms. The first kappa shape index (κ1) is 17.3. The van der Waals surface area contributed by atoms with Crippen LogP contribution >= 0.6 is 0 Å². The molecule has 2 nitrogen and oxygen atoms in total. The Morgan fingerprint density at radius 2 is 1.48 bits per heavy atom. The zero-order valence-corrected chi connectivity index (χ0v) is 14.0. The third-order valence-electron chi connectivity index (χ3n) is 4.02. The number of aldehydes is 1. The van der Waals surface area contributed by atoms with E-state index in [9.17, 15) is 4.79 Å². The lowest BCUT2D eigenvalue weighted by molar-refractivity contribution is 0.112. The Balaban J connectivity index is 1.97. The van der Waals surface area contributed by atoms with Gasteiger partial charge in [-0.05, 0) is 18.1 Å². The molecule has 0 unspecified atom stereocenters.